The lowest BCUT2D eigenvalue weighted by atomic mass is 10.2. The SMILES string of the molecule is COC(=O)Nc1nnc(-c2ccc(OC)c(OC)c2)s1. The molecule has 0 saturated carbocycles. The van der Waals surface area contributed by atoms with Crippen LogP contribution >= 0.6 is 11.3 Å². The van der Waals surface area contributed by atoms with Gasteiger partial charge < -0.3 is 14.2 Å². The smallest absolute Gasteiger partial charge is 0.413 e. The van der Waals surface area contributed by atoms with Crippen molar-refractivity contribution < 1.29 is 19.0 Å². The summed E-state index contributed by atoms with van der Waals surface area (Å²) in [5.74, 6) is 1.23. The molecule has 1 aromatic heterocycles. The number of nitrogens with one attached hydrogen (secondary N) is 1. The number of nitrogens with zero attached hydrogens (tertiary/aromatic N) is 2. The molecule has 0 aliphatic rings. The van der Waals surface area contributed by atoms with E-state index in [1.165, 1.54) is 18.4 Å². The second kappa shape index (κ2) is 6.20. The zero-order chi connectivity index (χ0) is 14.5. The topological polar surface area (TPSA) is 82.6 Å². The van der Waals surface area contributed by atoms with E-state index in [2.05, 4.69) is 20.3 Å². The van der Waals surface area contributed by atoms with Crippen molar-refractivity contribution in [2.75, 3.05) is 26.6 Å². The van der Waals surface area contributed by atoms with E-state index in [1.54, 1.807) is 26.4 Å². The van der Waals surface area contributed by atoms with E-state index in [-0.39, 0.29) is 0 Å². The Morgan fingerprint density at radius 3 is 2.55 bits per heavy atom. The molecule has 2 rings (SSSR count). The van der Waals surface area contributed by atoms with Crippen LogP contribution in [-0.4, -0.2) is 37.6 Å². The summed E-state index contributed by atoms with van der Waals surface area (Å²) < 4.78 is 14.9. The molecule has 7 nitrogen and oxygen atoms in total. The van der Waals surface area contributed by atoms with Crippen molar-refractivity contribution in [3.63, 3.8) is 0 Å². The van der Waals surface area contributed by atoms with Crippen molar-refractivity contribution in [3.8, 4) is 22.1 Å². The third kappa shape index (κ3) is 2.97. The average molecular weight is 295 g/mol. The van der Waals surface area contributed by atoms with Gasteiger partial charge in [0.25, 0.3) is 0 Å². The first kappa shape index (κ1) is 14.1. The summed E-state index contributed by atoms with van der Waals surface area (Å²) in [6.45, 7) is 0. The predicted molar refractivity (Wildman–Crippen MR) is 74.5 cm³/mol. The maximum atomic E-state index is 11.1. The molecule has 1 heterocycles. The van der Waals surface area contributed by atoms with Crippen molar-refractivity contribution in [2.45, 2.75) is 0 Å². The van der Waals surface area contributed by atoms with Crippen LogP contribution in [0.2, 0.25) is 0 Å². The number of carbonyl (C=O) groups is 1. The predicted octanol–water partition coefficient (Wildman–Crippen LogP) is 2.40. The monoisotopic (exact) mass is 295 g/mol. The van der Waals surface area contributed by atoms with E-state index in [1.807, 2.05) is 6.07 Å². The van der Waals surface area contributed by atoms with E-state index < -0.39 is 6.09 Å². The Hall–Kier alpha value is -2.35. The van der Waals surface area contributed by atoms with Gasteiger partial charge in [0.05, 0.1) is 21.3 Å². The van der Waals surface area contributed by atoms with Crippen molar-refractivity contribution in [2.24, 2.45) is 0 Å². The van der Waals surface area contributed by atoms with Gasteiger partial charge in [-0.2, -0.15) is 0 Å². The molecular weight excluding hydrogens is 282 g/mol. The van der Waals surface area contributed by atoms with Crippen LogP contribution in [0.15, 0.2) is 18.2 Å². The van der Waals surface area contributed by atoms with Crippen molar-refractivity contribution in [3.05, 3.63) is 18.2 Å². The van der Waals surface area contributed by atoms with Crippen LogP contribution < -0.4 is 14.8 Å². The molecule has 1 amide bonds. The molecule has 1 aromatic carbocycles. The van der Waals surface area contributed by atoms with E-state index in [4.69, 9.17) is 9.47 Å². The summed E-state index contributed by atoms with van der Waals surface area (Å²) >= 11 is 1.23. The largest absolute Gasteiger partial charge is 0.493 e. The zero-order valence-corrected chi connectivity index (χ0v) is 12.0. The lowest BCUT2D eigenvalue weighted by Crippen LogP contribution is -2.10. The molecule has 0 aliphatic heterocycles. The first-order valence-electron chi connectivity index (χ1n) is 5.58. The number of carbonyl (C=O) groups excluding carboxylic acids is 1. The van der Waals surface area contributed by atoms with Gasteiger partial charge in [-0.1, -0.05) is 11.3 Å². The first-order chi connectivity index (χ1) is 9.67. The molecule has 0 spiro atoms. The first-order valence-corrected chi connectivity index (χ1v) is 6.40. The fourth-order valence-electron chi connectivity index (χ4n) is 1.50. The maximum Gasteiger partial charge on any atom is 0.413 e. The lowest BCUT2D eigenvalue weighted by Gasteiger charge is -2.07. The van der Waals surface area contributed by atoms with E-state index in [0.717, 1.165) is 5.56 Å². The average Bonchev–Trinajstić information content (AvgIpc) is 2.94. The summed E-state index contributed by atoms with van der Waals surface area (Å²) in [7, 11) is 4.42. The van der Waals surface area contributed by atoms with Crippen LogP contribution in [0.25, 0.3) is 10.6 Å². The fourth-order valence-corrected chi connectivity index (χ4v) is 2.22. The molecule has 1 N–H and O–H groups in total. The van der Waals surface area contributed by atoms with Crippen molar-refractivity contribution in [1.29, 1.82) is 0 Å². The Kier molecular flexibility index (Phi) is 4.36. The molecular formula is C12H13N3O4S. The molecule has 0 radical (unpaired) electrons. The maximum absolute atomic E-state index is 11.1. The summed E-state index contributed by atoms with van der Waals surface area (Å²) in [4.78, 5) is 11.1. The highest BCUT2D eigenvalue weighted by atomic mass is 32.1. The molecule has 0 bridgehead atoms. The zero-order valence-electron chi connectivity index (χ0n) is 11.2. The van der Waals surface area contributed by atoms with Gasteiger partial charge >= 0.3 is 6.09 Å². The van der Waals surface area contributed by atoms with Crippen LogP contribution in [0, 0.1) is 0 Å². The van der Waals surface area contributed by atoms with Gasteiger partial charge in [-0.05, 0) is 18.2 Å². The van der Waals surface area contributed by atoms with Gasteiger partial charge in [0.2, 0.25) is 5.13 Å². The Morgan fingerprint density at radius 1 is 1.15 bits per heavy atom. The summed E-state index contributed by atoms with van der Waals surface area (Å²) in [5.41, 5.74) is 0.818. The van der Waals surface area contributed by atoms with Gasteiger partial charge in [-0.15, -0.1) is 10.2 Å². The minimum atomic E-state index is -0.583. The highest BCUT2D eigenvalue weighted by Gasteiger charge is 2.12. The van der Waals surface area contributed by atoms with Crippen LogP contribution in [0.1, 0.15) is 0 Å². The number of benzene rings is 1. The van der Waals surface area contributed by atoms with E-state index >= 15 is 0 Å². The van der Waals surface area contributed by atoms with Crippen LogP contribution in [0.3, 0.4) is 0 Å². The molecule has 0 saturated heterocycles. The molecule has 106 valence electrons. The van der Waals surface area contributed by atoms with Crippen LogP contribution in [-0.2, 0) is 4.74 Å². The number of aromatic nitrogens is 2. The van der Waals surface area contributed by atoms with E-state index in [0.29, 0.717) is 21.6 Å². The number of hydrogen-bond acceptors (Lipinski definition) is 7. The third-order valence-electron chi connectivity index (χ3n) is 2.45. The molecule has 0 atom stereocenters. The van der Waals surface area contributed by atoms with E-state index in [9.17, 15) is 4.79 Å². The second-order valence-electron chi connectivity index (χ2n) is 3.60. The number of hydrogen-bond donors (Lipinski definition) is 1. The Bertz CT molecular complexity index is 614. The number of rotatable bonds is 4. The molecule has 8 heteroatoms. The van der Waals surface area contributed by atoms with Gasteiger partial charge in [-0.25, -0.2) is 4.79 Å². The number of amides is 1. The molecule has 0 fully saturated rings. The minimum Gasteiger partial charge on any atom is -0.493 e. The Balaban J connectivity index is 2.25. The van der Waals surface area contributed by atoms with Gasteiger partial charge in [-0.3, -0.25) is 5.32 Å². The molecule has 20 heavy (non-hydrogen) atoms. The van der Waals surface area contributed by atoms with Crippen LogP contribution in [0.4, 0.5) is 9.93 Å². The Morgan fingerprint density at radius 2 is 1.90 bits per heavy atom. The number of methoxy groups -OCH3 is 3. The number of ether oxygens (including phenoxy) is 3. The third-order valence-corrected chi connectivity index (χ3v) is 3.34. The summed E-state index contributed by atoms with van der Waals surface area (Å²) in [5, 5.41) is 11.3. The highest BCUT2D eigenvalue weighted by molar-refractivity contribution is 7.18. The quantitative estimate of drug-likeness (QED) is 0.932. The second-order valence-corrected chi connectivity index (χ2v) is 4.58. The van der Waals surface area contributed by atoms with Crippen molar-refractivity contribution >= 4 is 22.6 Å². The highest BCUT2D eigenvalue weighted by Crippen LogP contribution is 2.34. The van der Waals surface area contributed by atoms with Crippen LogP contribution in [0.5, 0.6) is 11.5 Å². The molecule has 2 aromatic rings. The van der Waals surface area contributed by atoms with Crippen molar-refractivity contribution in [1.82, 2.24) is 10.2 Å². The lowest BCUT2D eigenvalue weighted by molar-refractivity contribution is 0.187. The summed E-state index contributed by atoms with van der Waals surface area (Å²) in [6, 6.07) is 5.41. The standard InChI is InChI=1S/C12H13N3O4S/c1-17-8-5-4-7(6-9(8)18-2)10-14-15-11(20-10)13-12(16)19-3/h4-6H,1-3H3,(H,13,15,16). The van der Waals surface area contributed by atoms with Gasteiger partial charge in [0, 0.05) is 5.56 Å². The summed E-state index contributed by atoms with van der Waals surface area (Å²) in [6.07, 6.45) is -0.583. The fraction of sp³-hybridized carbons (Fsp3) is 0.250. The minimum absolute atomic E-state index is 0.363. The molecule has 0 unspecified atom stereocenters. The number of anilines is 1. The normalized spacial score (nSPS) is 9.95. The van der Waals surface area contributed by atoms with Gasteiger partial charge in [0.1, 0.15) is 5.01 Å². The molecule has 0 aliphatic carbocycles. The van der Waals surface area contributed by atoms with Gasteiger partial charge in [0.15, 0.2) is 11.5 Å². The Labute approximate surface area is 119 Å².